The number of nitrogens with two attached hydrogens (primary N) is 1. The van der Waals surface area contributed by atoms with Gasteiger partial charge in [-0.2, -0.15) is 0 Å². The fourth-order valence-electron chi connectivity index (χ4n) is 4.20. The Bertz CT molecular complexity index is 1310. The minimum absolute atomic E-state index is 0.110. The van der Waals surface area contributed by atoms with E-state index in [0.717, 1.165) is 40.6 Å². The molecule has 1 aromatic heterocycles. The monoisotopic (exact) mass is 603 g/mol. The van der Waals surface area contributed by atoms with Crippen LogP contribution in [0.15, 0.2) is 39.9 Å². The molecular weight excluding hydrogens is 570 g/mol. The quantitative estimate of drug-likeness (QED) is 0.435. The zero-order valence-electron chi connectivity index (χ0n) is 22.5. The summed E-state index contributed by atoms with van der Waals surface area (Å²) < 4.78 is 6.44. The highest BCUT2D eigenvalue weighted by Gasteiger charge is 2.27. The summed E-state index contributed by atoms with van der Waals surface area (Å²) in [5, 5.41) is 11.6. The van der Waals surface area contributed by atoms with Crippen LogP contribution in [0.3, 0.4) is 0 Å². The first-order valence-corrected chi connectivity index (χ1v) is 13.3. The molecule has 12 heteroatoms. The van der Waals surface area contributed by atoms with E-state index >= 15 is 0 Å². The van der Waals surface area contributed by atoms with Crippen LogP contribution in [0.1, 0.15) is 46.1 Å². The Morgan fingerprint density at radius 1 is 1.13 bits per heavy atom. The summed E-state index contributed by atoms with van der Waals surface area (Å²) in [6.07, 6.45) is -0.257. The van der Waals surface area contributed by atoms with Crippen molar-refractivity contribution in [3.63, 3.8) is 0 Å². The van der Waals surface area contributed by atoms with Gasteiger partial charge in [-0.25, -0.2) is 9.78 Å². The molecule has 0 aliphatic carbocycles. The lowest BCUT2D eigenvalue weighted by Crippen LogP contribution is -2.49. The number of rotatable bonds is 5. The number of piperazine rings is 1. The lowest BCUT2D eigenvalue weighted by molar-refractivity contribution is -0.137. The molecule has 0 bridgehead atoms. The van der Waals surface area contributed by atoms with Crippen LogP contribution in [0.4, 0.5) is 10.6 Å². The van der Waals surface area contributed by atoms with Gasteiger partial charge in [0, 0.05) is 60.1 Å². The molecule has 2 aliphatic heterocycles. The van der Waals surface area contributed by atoms with E-state index in [1.54, 1.807) is 4.90 Å². The van der Waals surface area contributed by atoms with E-state index in [1.807, 2.05) is 39.0 Å². The van der Waals surface area contributed by atoms with Crippen molar-refractivity contribution in [3.8, 4) is 0 Å². The molecule has 210 valence electrons. The second kappa shape index (κ2) is 12.6. The number of carboxylic acids is 1. The Labute approximate surface area is 235 Å². The number of anilines is 1. The Hall–Kier alpha value is -3.51. The third-order valence-electron chi connectivity index (χ3n) is 6.18. The number of nitrogens with one attached hydrogen (secondary N) is 1. The fraction of sp³-hybridized carbons (Fsp3) is 0.444. The number of carbonyl (C=O) groups is 4. The van der Waals surface area contributed by atoms with Gasteiger partial charge in [0.25, 0.3) is 11.8 Å². The molecule has 11 nitrogen and oxygen atoms in total. The summed E-state index contributed by atoms with van der Waals surface area (Å²) in [6, 6.07) is 8.01. The molecule has 0 spiro atoms. The molecule has 0 saturated carbocycles. The van der Waals surface area contributed by atoms with Gasteiger partial charge in [0.05, 0.1) is 5.52 Å². The summed E-state index contributed by atoms with van der Waals surface area (Å²) in [5.41, 5.74) is 8.18. The summed E-state index contributed by atoms with van der Waals surface area (Å²) in [4.78, 5) is 52.9. The standard InChI is InChI=1S/C19H25BrN4O2.C8H9NO4/c1-19(2,3)26-18(25)24-8-6-23(7-9-24)12-13-10-17(21)22-16-11-14(20)4-5-15(13)16;1-4-5(2-3-6(10)11)8(13)9-7(4)12/h4-5,10-11H,6-9,12H2,1-3H3,(H2,21,22);2-3H2,1H3,(H,10,11)(H,9,12,13). The highest BCUT2D eigenvalue weighted by Crippen LogP contribution is 2.25. The number of imide groups is 1. The molecule has 4 N–H and O–H groups in total. The third kappa shape index (κ3) is 8.49. The van der Waals surface area contributed by atoms with Crippen molar-refractivity contribution in [2.75, 3.05) is 31.9 Å². The average molecular weight is 605 g/mol. The van der Waals surface area contributed by atoms with Crippen LogP contribution < -0.4 is 11.1 Å². The number of carboxylic acid groups (broad SMARTS) is 1. The highest BCUT2D eigenvalue weighted by atomic mass is 79.9. The lowest BCUT2D eigenvalue weighted by Gasteiger charge is -2.35. The second-order valence-corrected chi connectivity index (χ2v) is 11.3. The first-order chi connectivity index (χ1) is 18.2. The van der Waals surface area contributed by atoms with Gasteiger partial charge in [-0.05, 0) is 57.9 Å². The SMILES string of the molecule is CC(C)(C)OC(=O)N1CCN(Cc2cc(N)nc3cc(Br)ccc23)CC1.CC1=C(CCC(=O)O)C(=O)NC1=O. The molecule has 0 radical (unpaired) electrons. The summed E-state index contributed by atoms with van der Waals surface area (Å²) >= 11 is 3.48. The zero-order valence-corrected chi connectivity index (χ0v) is 24.1. The average Bonchev–Trinajstić information content (AvgIpc) is 3.07. The van der Waals surface area contributed by atoms with Crippen LogP contribution in [-0.2, 0) is 25.7 Å². The number of fused-ring (bicyclic) bond motifs is 1. The maximum absolute atomic E-state index is 12.2. The van der Waals surface area contributed by atoms with E-state index in [4.69, 9.17) is 15.6 Å². The van der Waals surface area contributed by atoms with Crippen LogP contribution in [0.2, 0.25) is 0 Å². The number of amides is 3. The molecule has 1 saturated heterocycles. The highest BCUT2D eigenvalue weighted by molar-refractivity contribution is 9.10. The number of benzene rings is 1. The third-order valence-corrected chi connectivity index (χ3v) is 6.67. The predicted molar refractivity (Wildman–Crippen MR) is 150 cm³/mol. The summed E-state index contributed by atoms with van der Waals surface area (Å²) in [7, 11) is 0. The zero-order chi connectivity index (χ0) is 28.9. The number of nitrogens with zero attached hydrogens (tertiary/aromatic N) is 3. The van der Waals surface area contributed by atoms with Gasteiger partial charge >= 0.3 is 12.1 Å². The first-order valence-electron chi connectivity index (χ1n) is 12.6. The van der Waals surface area contributed by atoms with Crippen molar-refractivity contribution in [1.82, 2.24) is 20.1 Å². The Balaban J connectivity index is 0.000000272. The molecule has 3 amide bonds. The Morgan fingerprint density at radius 2 is 1.79 bits per heavy atom. The van der Waals surface area contributed by atoms with Crippen molar-refractivity contribution in [1.29, 1.82) is 0 Å². The normalized spacial score (nSPS) is 16.2. The van der Waals surface area contributed by atoms with Crippen molar-refractivity contribution >= 4 is 56.5 Å². The number of aromatic nitrogens is 1. The minimum atomic E-state index is -0.979. The molecule has 0 atom stereocenters. The minimum Gasteiger partial charge on any atom is -0.481 e. The number of hydrogen-bond acceptors (Lipinski definition) is 8. The molecule has 39 heavy (non-hydrogen) atoms. The second-order valence-electron chi connectivity index (χ2n) is 10.4. The van der Waals surface area contributed by atoms with E-state index in [2.05, 4.69) is 37.2 Å². The first kappa shape index (κ1) is 30.0. The van der Waals surface area contributed by atoms with Crippen molar-refractivity contribution in [2.45, 2.75) is 52.7 Å². The smallest absolute Gasteiger partial charge is 0.410 e. The van der Waals surface area contributed by atoms with Gasteiger partial charge < -0.3 is 20.5 Å². The molecule has 1 aromatic carbocycles. The van der Waals surface area contributed by atoms with Gasteiger partial charge in [-0.3, -0.25) is 24.6 Å². The van der Waals surface area contributed by atoms with Crippen molar-refractivity contribution < 1.29 is 29.0 Å². The van der Waals surface area contributed by atoms with Crippen LogP contribution in [0, 0.1) is 0 Å². The van der Waals surface area contributed by atoms with Gasteiger partial charge in [-0.1, -0.05) is 22.0 Å². The molecular formula is C27H34BrN5O6. The van der Waals surface area contributed by atoms with Gasteiger partial charge in [0.1, 0.15) is 11.4 Å². The van der Waals surface area contributed by atoms with E-state index in [-0.39, 0.29) is 24.5 Å². The molecule has 0 unspecified atom stereocenters. The number of nitrogen functional groups attached to an aromatic ring is 1. The molecule has 3 heterocycles. The van der Waals surface area contributed by atoms with E-state index in [0.29, 0.717) is 24.5 Å². The predicted octanol–water partition coefficient (Wildman–Crippen LogP) is 3.46. The molecule has 1 fully saturated rings. The Kier molecular flexibility index (Phi) is 9.68. The van der Waals surface area contributed by atoms with Crippen LogP contribution in [-0.4, -0.2) is 75.5 Å². The number of pyridine rings is 1. The van der Waals surface area contributed by atoms with Gasteiger partial charge in [-0.15, -0.1) is 0 Å². The summed E-state index contributed by atoms with van der Waals surface area (Å²) in [6.45, 7) is 10.9. The van der Waals surface area contributed by atoms with Crippen LogP contribution in [0.5, 0.6) is 0 Å². The van der Waals surface area contributed by atoms with Gasteiger partial charge in [0.2, 0.25) is 0 Å². The topological polar surface area (TPSA) is 155 Å². The Morgan fingerprint density at radius 3 is 2.36 bits per heavy atom. The lowest BCUT2D eigenvalue weighted by atomic mass is 10.1. The molecule has 2 aromatic rings. The van der Waals surface area contributed by atoms with Crippen LogP contribution in [0.25, 0.3) is 10.9 Å². The maximum atomic E-state index is 12.2. The van der Waals surface area contributed by atoms with E-state index < -0.39 is 23.4 Å². The number of hydrogen-bond donors (Lipinski definition) is 3. The molecule has 4 rings (SSSR count). The number of aliphatic carboxylic acids is 1. The molecule has 2 aliphatic rings. The van der Waals surface area contributed by atoms with Gasteiger partial charge in [0.15, 0.2) is 0 Å². The van der Waals surface area contributed by atoms with Crippen LogP contribution >= 0.6 is 15.9 Å². The number of carbonyl (C=O) groups excluding carboxylic acids is 3. The van der Waals surface area contributed by atoms with Crippen molar-refractivity contribution in [3.05, 3.63) is 45.4 Å². The largest absolute Gasteiger partial charge is 0.481 e. The fourth-order valence-corrected chi connectivity index (χ4v) is 4.54. The maximum Gasteiger partial charge on any atom is 0.410 e. The summed E-state index contributed by atoms with van der Waals surface area (Å²) in [5.74, 6) is -1.35. The van der Waals surface area contributed by atoms with E-state index in [9.17, 15) is 19.2 Å². The van der Waals surface area contributed by atoms with Crippen molar-refractivity contribution in [2.24, 2.45) is 0 Å². The number of halogens is 1. The van der Waals surface area contributed by atoms with E-state index in [1.165, 1.54) is 6.92 Å². The number of ether oxygens (including phenoxy) is 1.